The van der Waals surface area contributed by atoms with Crippen molar-refractivity contribution in [2.75, 3.05) is 19.6 Å². The van der Waals surface area contributed by atoms with E-state index in [0.29, 0.717) is 18.4 Å². The van der Waals surface area contributed by atoms with E-state index < -0.39 is 5.60 Å². The Bertz CT molecular complexity index is 1030. The zero-order valence-corrected chi connectivity index (χ0v) is 17.8. The van der Waals surface area contributed by atoms with Crippen LogP contribution >= 0.6 is 0 Å². The lowest BCUT2D eigenvalue weighted by Crippen LogP contribution is -2.34. The molecule has 3 nitrogen and oxygen atoms in total. The van der Waals surface area contributed by atoms with E-state index in [1.165, 1.54) is 5.56 Å². The molecule has 1 saturated heterocycles. The van der Waals surface area contributed by atoms with Crippen molar-refractivity contribution in [3.05, 3.63) is 96.1 Å². The van der Waals surface area contributed by atoms with Crippen LogP contribution in [0.4, 0.5) is 0 Å². The predicted molar refractivity (Wildman–Crippen MR) is 124 cm³/mol. The van der Waals surface area contributed by atoms with E-state index in [4.69, 9.17) is 0 Å². The van der Waals surface area contributed by atoms with Crippen molar-refractivity contribution in [3.63, 3.8) is 0 Å². The summed E-state index contributed by atoms with van der Waals surface area (Å²) >= 11 is 0. The Labute approximate surface area is 184 Å². The molecule has 3 aromatic carbocycles. The molecule has 31 heavy (non-hydrogen) atoms. The van der Waals surface area contributed by atoms with Gasteiger partial charge in [0.15, 0.2) is 5.78 Å². The van der Waals surface area contributed by atoms with E-state index in [0.717, 1.165) is 49.0 Å². The van der Waals surface area contributed by atoms with E-state index >= 15 is 0 Å². The molecular weight excluding hydrogens is 382 g/mol. The van der Waals surface area contributed by atoms with Gasteiger partial charge in [0.2, 0.25) is 0 Å². The predicted octanol–water partition coefficient (Wildman–Crippen LogP) is 4.85. The Hall–Kier alpha value is -2.75. The maximum atomic E-state index is 13.0. The number of hydrogen-bond acceptors (Lipinski definition) is 3. The highest BCUT2D eigenvalue weighted by atomic mass is 16.3. The zero-order valence-electron chi connectivity index (χ0n) is 17.8. The van der Waals surface area contributed by atoms with Gasteiger partial charge in [-0.25, -0.2) is 0 Å². The number of carbonyl (C=O) groups excluding carboxylic acids is 1. The van der Waals surface area contributed by atoms with Crippen LogP contribution in [0.2, 0.25) is 0 Å². The summed E-state index contributed by atoms with van der Waals surface area (Å²) in [6.07, 6.45) is 2.40. The fourth-order valence-corrected chi connectivity index (χ4v) is 5.60. The molecule has 158 valence electrons. The van der Waals surface area contributed by atoms with Crippen LogP contribution in [-0.2, 0) is 6.42 Å². The molecule has 0 spiro atoms. The van der Waals surface area contributed by atoms with Gasteiger partial charge in [-0.3, -0.25) is 9.69 Å². The van der Waals surface area contributed by atoms with E-state index in [1.54, 1.807) is 0 Å². The number of aliphatic hydroxyl groups is 1. The van der Waals surface area contributed by atoms with Gasteiger partial charge in [0.25, 0.3) is 0 Å². The molecule has 3 heteroatoms. The number of rotatable bonds is 6. The third-order valence-corrected chi connectivity index (χ3v) is 6.97. The van der Waals surface area contributed by atoms with Crippen molar-refractivity contribution in [3.8, 4) is 11.1 Å². The highest BCUT2D eigenvalue weighted by Crippen LogP contribution is 2.45. The third kappa shape index (κ3) is 4.48. The van der Waals surface area contributed by atoms with Gasteiger partial charge in [0.05, 0.1) is 12.1 Å². The van der Waals surface area contributed by atoms with Crippen LogP contribution in [-0.4, -0.2) is 41.0 Å². The fourth-order valence-electron chi connectivity index (χ4n) is 5.60. The number of fused-ring (bicyclic) bond motifs is 1. The Balaban J connectivity index is 1.20. The van der Waals surface area contributed by atoms with E-state index in [9.17, 15) is 9.90 Å². The van der Waals surface area contributed by atoms with Crippen LogP contribution in [0.15, 0.2) is 84.9 Å². The number of hydrogen-bond donors (Lipinski definition) is 1. The molecule has 3 atom stereocenters. The van der Waals surface area contributed by atoms with Crippen molar-refractivity contribution in [2.24, 2.45) is 11.8 Å². The minimum absolute atomic E-state index is 0.178. The van der Waals surface area contributed by atoms with Crippen LogP contribution in [0.5, 0.6) is 0 Å². The number of likely N-dealkylation sites (tertiary alicyclic amines) is 1. The molecule has 2 aliphatic rings. The van der Waals surface area contributed by atoms with Gasteiger partial charge >= 0.3 is 0 Å². The molecule has 1 aliphatic carbocycles. The standard InChI is InChI=1S/C28H29NO2/c30-27(24-13-7-12-23(14-24)22-10-5-2-6-11-22)20-29-18-25-16-28(31,17-26(25)19-29)15-21-8-3-1-4-9-21/h1-14,25-26,31H,15-20H2/t25-,26+,28?. The summed E-state index contributed by atoms with van der Waals surface area (Å²) in [5.41, 5.74) is 3.59. The molecule has 1 N–H and O–H groups in total. The van der Waals surface area contributed by atoms with Gasteiger partial charge in [-0.2, -0.15) is 0 Å². The number of ketones is 1. The lowest BCUT2D eigenvalue weighted by Gasteiger charge is -2.26. The number of Topliss-reactive ketones (excluding diaryl/α,β-unsaturated/α-hetero) is 1. The summed E-state index contributed by atoms with van der Waals surface area (Å²) < 4.78 is 0. The summed E-state index contributed by atoms with van der Waals surface area (Å²) in [6, 6.07) is 28.4. The monoisotopic (exact) mass is 411 g/mol. The van der Waals surface area contributed by atoms with Crippen molar-refractivity contribution < 1.29 is 9.90 Å². The quantitative estimate of drug-likeness (QED) is 0.590. The van der Waals surface area contributed by atoms with Crippen LogP contribution in [0.3, 0.4) is 0 Å². The average molecular weight is 412 g/mol. The second kappa shape index (κ2) is 8.41. The zero-order chi connectivity index (χ0) is 21.3. The first-order valence-corrected chi connectivity index (χ1v) is 11.3. The first-order valence-electron chi connectivity index (χ1n) is 11.3. The van der Waals surface area contributed by atoms with Crippen molar-refractivity contribution in [2.45, 2.75) is 24.9 Å². The van der Waals surface area contributed by atoms with Gasteiger partial charge in [0, 0.05) is 25.1 Å². The number of benzene rings is 3. The molecule has 0 amide bonds. The molecule has 3 aromatic rings. The normalized spacial score (nSPS) is 25.5. The van der Waals surface area contributed by atoms with Crippen LogP contribution in [0.25, 0.3) is 11.1 Å². The van der Waals surface area contributed by atoms with Gasteiger partial charge in [-0.15, -0.1) is 0 Å². The molecule has 0 aromatic heterocycles. The Morgan fingerprint density at radius 2 is 1.45 bits per heavy atom. The topological polar surface area (TPSA) is 40.5 Å². The highest BCUT2D eigenvalue weighted by molar-refractivity contribution is 5.98. The molecule has 1 aliphatic heterocycles. The third-order valence-electron chi connectivity index (χ3n) is 6.97. The average Bonchev–Trinajstić information content (AvgIpc) is 3.28. The molecule has 1 heterocycles. The number of nitrogens with zero attached hydrogens (tertiary/aromatic N) is 1. The molecule has 5 rings (SSSR count). The fraction of sp³-hybridized carbons (Fsp3) is 0.321. The Kier molecular flexibility index (Phi) is 5.47. The SMILES string of the molecule is O=C(CN1C[C@@H]2CC(O)(Cc3ccccc3)C[C@@H]2C1)c1cccc(-c2ccccc2)c1. The lowest BCUT2D eigenvalue weighted by molar-refractivity contribution is 0.0355. The first kappa shape index (κ1) is 20.2. The van der Waals surface area contributed by atoms with E-state index in [2.05, 4.69) is 35.2 Å². The summed E-state index contributed by atoms with van der Waals surface area (Å²) in [5, 5.41) is 11.2. The first-order chi connectivity index (χ1) is 15.1. The van der Waals surface area contributed by atoms with Gasteiger partial charge < -0.3 is 5.11 Å². The second-order valence-corrected chi connectivity index (χ2v) is 9.38. The summed E-state index contributed by atoms with van der Waals surface area (Å²) in [4.78, 5) is 15.3. The molecule has 0 bridgehead atoms. The van der Waals surface area contributed by atoms with Crippen molar-refractivity contribution in [1.29, 1.82) is 0 Å². The largest absolute Gasteiger partial charge is 0.390 e. The minimum atomic E-state index is -0.600. The number of carbonyl (C=O) groups is 1. The summed E-state index contributed by atoms with van der Waals surface area (Å²) in [7, 11) is 0. The van der Waals surface area contributed by atoms with Gasteiger partial charge in [-0.1, -0.05) is 78.9 Å². The van der Waals surface area contributed by atoms with E-state index in [1.807, 2.05) is 54.6 Å². The maximum Gasteiger partial charge on any atom is 0.176 e. The molecule has 0 radical (unpaired) electrons. The minimum Gasteiger partial charge on any atom is -0.390 e. The van der Waals surface area contributed by atoms with Crippen molar-refractivity contribution >= 4 is 5.78 Å². The Morgan fingerprint density at radius 1 is 0.839 bits per heavy atom. The molecular formula is C28H29NO2. The van der Waals surface area contributed by atoms with E-state index in [-0.39, 0.29) is 5.78 Å². The maximum absolute atomic E-state index is 13.0. The summed E-state index contributed by atoms with van der Waals surface area (Å²) in [5.74, 6) is 1.15. The second-order valence-electron chi connectivity index (χ2n) is 9.38. The Morgan fingerprint density at radius 3 is 2.13 bits per heavy atom. The molecule has 1 saturated carbocycles. The molecule has 2 fully saturated rings. The molecule has 1 unspecified atom stereocenters. The summed E-state index contributed by atoms with van der Waals surface area (Å²) in [6.45, 7) is 2.28. The smallest absolute Gasteiger partial charge is 0.176 e. The van der Waals surface area contributed by atoms with Crippen LogP contribution < -0.4 is 0 Å². The highest BCUT2D eigenvalue weighted by Gasteiger charge is 2.48. The van der Waals surface area contributed by atoms with Crippen LogP contribution in [0, 0.1) is 11.8 Å². The van der Waals surface area contributed by atoms with Crippen LogP contribution in [0.1, 0.15) is 28.8 Å². The van der Waals surface area contributed by atoms with Gasteiger partial charge in [-0.05, 0) is 47.4 Å². The van der Waals surface area contributed by atoms with Crippen molar-refractivity contribution in [1.82, 2.24) is 4.90 Å². The lowest BCUT2D eigenvalue weighted by atomic mass is 9.91. The van der Waals surface area contributed by atoms with Gasteiger partial charge in [0.1, 0.15) is 0 Å².